The van der Waals surface area contributed by atoms with Crippen LogP contribution in [-0.2, 0) is 5.06 Å². The number of hydrogen-bond donors (Lipinski definition) is 0. The standard InChI is InChI=1S/C15H11ClOS/c16-15(11-6-2-1-3-7-11)10-14(18)12-8-4-5-9-13(12)17-15/h1-9H,10H2. The molecule has 1 heterocycles. The fourth-order valence-electron chi connectivity index (χ4n) is 2.15. The maximum atomic E-state index is 6.61. The van der Waals surface area contributed by atoms with Gasteiger partial charge in [0.2, 0.25) is 5.06 Å². The Kier molecular flexibility index (Phi) is 2.84. The van der Waals surface area contributed by atoms with Crippen LogP contribution in [0.4, 0.5) is 0 Å². The summed E-state index contributed by atoms with van der Waals surface area (Å²) in [6, 6.07) is 17.5. The Morgan fingerprint density at radius 2 is 1.67 bits per heavy atom. The van der Waals surface area contributed by atoms with E-state index in [9.17, 15) is 0 Å². The quantitative estimate of drug-likeness (QED) is 0.567. The molecular weight excluding hydrogens is 264 g/mol. The smallest absolute Gasteiger partial charge is 0.213 e. The van der Waals surface area contributed by atoms with Gasteiger partial charge in [0.05, 0.1) is 0 Å². The molecule has 0 aromatic heterocycles. The van der Waals surface area contributed by atoms with E-state index in [4.69, 9.17) is 28.6 Å². The summed E-state index contributed by atoms with van der Waals surface area (Å²) < 4.78 is 5.95. The third-order valence-corrected chi connectivity index (χ3v) is 3.85. The first kappa shape index (κ1) is 11.7. The first-order valence-electron chi connectivity index (χ1n) is 5.75. The fourth-order valence-corrected chi connectivity index (χ4v) is 2.94. The second-order valence-corrected chi connectivity index (χ2v) is 5.40. The van der Waals surface area contributed by atoms with Crippen LogP contribution in [0.25, 0.3) is 0 Å². The minimum absolute atomic E-state index is 0.519. The van der Waals surface area contributed by atoms with Crippen LogP contribution >= 0.6 is 23.8 Å². The molecule has 0 aliphatic carbocycles. The highest BCUT2D eigenvalue weighted by atomic mass is 35.5. The molecule has 0 amide bonds. The van der Waals surface area contributed by atoms with Crippen LogP contribution in [0, 0.1) is 0 Å². The number of thiocarbonyl (C=S) groups is 1. The molecule has 0 N–H and O–H groups in total. The minimum atomic E-state index is -0.882. The van der Waals surface area contributed by atoms with Crippen molar-refractivity contribution < 1.29 is 4.74 Å². The highest BCUT2D eigenvalue weighted by molar-refractivity contribution is 7.80. The van der Waals surface area contributed by atoms with Gasteiger partial charge in [0.25, 0.3) is 0 Å². The molecule has 0 spiro atoms. The van der Waals surface area contributed by atoms with E-state index in [0.717, 1.165) is 21.7 Å². The number of hydrogen-bond acceptors (Lipinski definition) is 2. The molecule has 0 saturated carbocycles. The van der Waals surface area contributed by atoms with Crippen molar-refractivity contribution in [1.29, 1.82) is 0 Å². The summed E-state index contributed by atoms with van der Waals surface area (Å²) in [6.45, 7) is 0. The molecule has 1 unspecified atom stereocenters. The zero-order chi connectivity index (χ0) is 12.6. The summed E-state index contributed by atoms with van der Waals surface area (Å²) >= 11 is 12.1. The molecule has 1 aliphatic heterocycles. The Hall–Kier alpha value is -1.38. The molecule has 0 bridgehead atoms. The van der Waals surface area contributed by atoms with Crippen molar-refractivity contribution in [2.45, 2.75) is 11.5 Å². The second-order valence-electron chi connectivity index (χ2n) is 4.29. The lowest BCUT2D eigenvalue weighted by Gasteiger charge is -2.34. The summed E-state index contributed by atoms with van der Waals surface area (Å²) in [6.07, 6.45) is 0.519. The molecule has 3 rings (SSSR count). The molecule has 0 fully saturated rings. The number of para-hydroxylation sites is 1. The lowest BCUT2D eigenvalue weighted by molar-refractivity contribution is 0.160. The van der Waals surface area contributed by atoms with Gasteiger partial charge in [-0.2, -0.15) is 0 Å². The van der Waals surface area contributed by atoms with Gasteiger partial charge >= 0.3 is 0 Å². The third kappa shape index (κ3) is 1.92. The van der Waals surface area contributed by atoms with E-state index in [2.05, 4.69) is 0 Å². The number of halogens is 1. The van der Waals surface area contributed by atoms with Crippen molar-refractivity contribution in [1.82, 2.24) is 0 Å². The van der Waals surface area contributed by atoms with Crippen LogP contribution in [0.2, 0.25) is 0 Å². The van der Waals surface area contributed by atoms with E-state index >= 15 is 0 Å². The predicted molar refractivity (Wildman–Crippen MR) is 77.4 cm³/mol. The van der Waals surface area contributed by atoms with Gasteiger partial charge in [0.1, 0.15) is 5.75 Å². The van der Waals surface area contributed by atoms with Crippen LogP contribution in [0.15, 0.2) is 54.6 Å². The van der Waals surface area contributed by atoms with Gasteiger partial charge in [0, 0.05) is 22.4 Å². The molecular formula is C15H11ClOS. The minimum Gasteiger partial charge on any atom is -0.467 e. The highest BCUT2D eigenvalue weighted by Gasteiger charge is 2.38. The van der Waals surface area contributed by atoms with Gasteiger partial charge in [-0.15, -0.1) is 0 Å². The predicted octanol–water partition coefficient (Wildman–Crippen LogP) is 4.28. The van der Waals surface area contributed by atoms with Crippen molar-refractivity contribution in [3.8, 4) is 5.75 Å². The second kappa shape index (κ2) is 4.38. The van der Waals surface area contributed by atoms with Crippen LogP contribution < -0.4 is 4.74 Å². The lowest BCUT2D eigenvalue weighted by atomic mass is 9.97. The molecule has 18 heavy (non-hydrogen) atoms. The average Bonchev–Trinajstić information content (AvgIpc) is 2.40. The van der Waals surface area contributed by atoms with E-state index in [1.54, 1.807) is 0 Å². The van der Waals surface area contributed by atoms with Crippen LogP contribution in [0.5, 0.6) is 5.75 Å². The van der Waals surface area contributed by atoms with E-state index in [1.165, 1.54) is 0 Å². The third-order valence-electron chi connectivity index (χ3n) is 3.05. The Morgan fingerprint density at radius 1 is 1.00 bits per heavy atom. The lowest BCUT2D eigenvalue weighted by Crippen LogP contribution is -2.33. The van der Waals surface area contributed by atoms with E-state index in [-0.39, 0.29) is 0 Å². The summed E-state index contributed by atoms with van der Waals surface area (Å²) in [4.78, 5) is 0.843. The Balaban J connectivity index is 2.06. The summed E-state index contributed by atoms with van der Waals surface area (Å²) in [7, 11) is 0. The van der Waals surface area contributed by atoms with Gasteiger partial charge in [-0.05, 0) is 6.07 Å². The number of rotatable bonds is 1. The molecule has 0 saturated heterocycles. The van der Waals surface area contributed by atoms with E-state index in [0.29, 0.717) is 6.42 Å². The maximum Gasteiger partial charge on any atom is 0.213 e. The monoisotopic (exact) mass is 274 g/mol. The summed E-state index contributed by atoms with van der Waals surface area (Å²) in [5, 5.41) is -0.882. The van der Waals surface area contributed by atoms with Gasteiger partial charge < -0.3 is 4.74 Å². The zero-order valence-corrected chi connectivity index (χ0v) is 11.2. The first-order chi connectivity index (χ1) is 8.69. The van der Waals surface area contributed by atoms with Crippen molar-refractivity contribution in [2.24, 2.45) is 0 Å². The Bertz CT molecular complexity index is 596. The molecule has 1 aliphatic rings. The van der Waals surface area contributed by atoms with Gasteiger partial charge in [-0.1, -0.05) is 72.3 Å². The molecule has 2 aromatic carbocycles. The van der Waals surface area contributed by atoms with Gasteiger partial charge in [-0.25, -0.2) is 0 Å². The molecule has 90 valence electrons. The number of ether oxygens (including phenoxy) is 1. The molecule has 3 heteroatoms. The topological polar surface area (TPSA) is 9.23 Å². The fraction of sp³-hybridized carbons (Fsp3) is 0.133. The largest absolute Gasteiger partial charge is 0.467 e. The number of fused-ring (bicyclic) bond motifs is 1. The first-order valence-corrected chi connectivity index (χ1v) is 6.53. The van der Waals surface area contributed by atoms with Crippen molar-refractivity contribution >= 4 is 28.7 Å². The van der Waals surface area contributed by atoms with Crippen molar-refractivity contribution in [2.75, 3.05) is 0 Å². The average molecular weight is 275 g/mol. The number of benzene rings is 2. The normalized spacial score (nSPS) is 22.2. The van der Waals surface area contributed by atoms with E-state index in [1.807, 2.05) is 54.6 Å². The highest BCUT2D eigenvalue weighted by Crippen LogP contribution is 2.42. The van der Waals surface area contributed by atoms with Crippen LogP contribution in [0.1, 0.15) is 17.5 Å². The van der Waals surface area contributed by atoms with Crippen molar-refractivity contribution in [3.05, 3.63) is 65.7 Å². The maximum absolute atomic E-state index is 6.61. The Morgan fingerprint density at radius 3 is 2.44 bits per heavy atom. The zero-order valence-electron chi connectivity index (χ0n) is 9.60. The Labute approximate surface area is 116 Å². The summed E-state index contributed by atoms with van der Waals surface area (Å²) in [5.74, 6) is 0.757. The summed E-state index contributed by atoms with van der Waals surface area (Å²) in [5.41, 5.74) is 1.91. The van der Waals surface area contributed by atoms with Gasteiger partial charge in [-0.3, -0.25) is 0 Å². The SMILES string of the molecule is S=C1CC(Cl)(c2ccccc2)Oc2ccccc21. The molecule has 2 aromatic rings. The van der Waals surface area contributed by atoms with Crippen molar-refractivity contribution in [3.63, 3.8) is 0 Å². The molecule has 1 nitrogen and oxygen atoms in total. The molecule has 0 radical (unpaired) electrons. The van der Waals surface area contributed by atoms with Gasteiger partial charge in [0.15, 0.2) is 0 Å². The van der Waals surface area contributed by atoms with Crippen LogP contribution in [0.3, 0.4) is 0 Å². The van der Waals surface area contributed by atoms with E-state index < -0.39 is 5.06 Å². The number of alkyl halides is 1. The van der Waals surface area contributed by atoms with Crippen LogP contribution in [-0.4, -0.2) is 4.86 Å². The molecule has 1 atom stereocenters.